The Morgan fingerprint density at radius 3 is 2.57 bits per heavy atom. The minimum Gasteiger partial charge on any atom is -0.428 e. The lowest BCUT2D eigenvalue weighted by molar-refractivity contribution is 0.323. The number of halogens is 1. The van der Waals surface area contributed by atoms with Gasteiger partial charge in [0.2, 0.25) is 0 Å². The Morgan fingerprint density at radius 1 is 1.43 bits per heavy atom. The zero-order valence-corrected chi connectivity index (χ0v) is 6.61. The Kier molecular flexibility index (Phi) is 6.20. The van der Waals surface area contributed by atoms with Gasteiger partial charge in [-0.1, -0.05) is 0 Å². The van der Waals surface area contributed by atoms with Crippen LogP contribution in [-0.4, -0.2) is 23.8 Å². The quantitative estimate of drug-likeness (QED) is 0.378. The summed E-state index contributed by atoms with van der Waals surface area (Å²) < 4.78 is 16.1. The molecule has 7 heavy (non-hydrogen) atoms. The number of hydrogen-bond acceptors (Lipinski definition) is 1. The summed E-state index contributed by atoms with van der Waals surface area (Å²) in [5.74, 6) is 0. The number of unbranched alkanes of at least 4 members (excludes halogenated alkanes) is 1. The Bertz CT molecular complexity index is 30.9. The van der Waals surface area contributed by atoms with Crippen LogP contribution in [0.3, 0.4) is 0 Å². The highest BCUT2D eigenvalue weighted by atomic mass is 28.2. The third-order valence-corrected chi connectivity index (χ3v) is 1.14. The van der Waals surface area contributed by atoms with E-state index in [1.54, 1.807) is 0 Å². The highest BCUT2D eigenvalue weighted by molar-refractivity contribution is 5.97. The lowest BCUT2D eigenvalue weighted by atomic mass is 10.4. The van der Waals surface area contributed by atoms with E-state index >= 15 is 0 Å². The van der Waals surface area contributed by atoms with Gasteiger partial charge >= 0.3 is 0 Å². The monoisotopic (exact) mass is 122 g/mol. The molecule has 0 rings (SSSR count). The van der Waals surface area contributed by atoms with E-state index in [4.69, 9.17) is 4.43 Å². The zero-order valence-electron chi connectivity index (χ0n) is 4.61. The molecule has 0 amide bonds. The highest BCUT2D eigenvalue weighted by Crippen LogP contribution is 1.87. The van der Waals surface area contributed by atoms with Crippen LogP contribution >= 0.6 is 0 Å². The second kappa shape index (κ2) is 6.11. The van der Waals surface area contributed by atoms with E-state index in [2.05, 4.69) is 0 Å². The molecule has 0 atom stereocenters. The first-order valence-corrected chi connectivity index (χ1v) is 3.28. The van der Waals surface area contributed by atoms with Gasteiger partial charge in [-0.2, -0.15) is 0 Å². The van der Waals surface area contributed by atoms with E-state index in [1.165, 1.54) is 0 Å². The molecule has 0 spiro atoms. The summed E-state index contributed by atoms with van der Waals surface area (Å²) in [5, 5.41) is 0. The Hall–Kier alpha value is 0.107. The van der Waals surface area contributed by atoms with E-state index in [9.17, 15) is 4.39 Å². The van der Waals surface area contributed by atoms with Crippen LogP contribution in [0.5, 0.6) is 0 Å². The predicted octanol–water partition coefficient (Wildman–Crippen LogP) is 0.0331. The predicted molar refractivity (Wildman–Crippen MR) is 31.1 cm³/mol. The summed E-state index contributed by atoms with van der Waals surface area (Å²) in [6, 6.07) is 0. The average molecular weight is 122 g/mol. The minimum atomic E-state index is -0.203. The molecule has 0 aliphatic rings. The number of alkyl halides is 1. The van der Waals surface area contributed by atoms with Gasteiger partial charge < -0.3 is 4.43 Å². The third-order valence-electron chi connectivity index (χ3n) is 0.732. The maximum absolute atomic E-state index is 11.3. The molecule has 0 radical (unpaired) electrons. The Labute approximate surface area is 46.4 Å². The molecule has 0 unspecified atom stereocenters. The van der Waals surface area contributed by atoms with Gasteiger partial charge in [0, 0.05) is 6.61 Å². The molecule has 44 valence electrons. The van der Waals surface area contributed by atoms with Crippen molar-refractivity contribution in [2.24, 2.45) is 0 Å². The van der Waals surface area contributed by atoms with Crippen molar-refractivity contribution in [2.75, 3.05) is 13.3 Å². The van der Waals surface area contributed by atoms with E-state index < -0.39 is 0 Å². The summed E-state index contributed by atoms with van der Waals surface area (Å²) in [4.78, 5) is 0. The molecule has 0 aromatic heterocycles. The molecule has 0 aliphatic carbocycles. The van der Waals surface area contributed by atoms with Crippen LogP contribution in [0.15, 0.2) is 0 Å². The summed E-state index contributed by atoms with van der Waals surface area (Å²) in [6.07, 6.45) is 1.53. The van der Waals surface area contributed by atoms with Gasteiger partial charge in [-0.3, -0.25) is 4.39 Å². The van der Waals surface area contributed by atoms with Crippen molar-refractivity contribution in [1.29, 1.82) is 0 Å². The first-order valence-electron chi connectivity index (χ1n) is 2.46. The van der Waals surface area contributed by atoms with Crippen molar-refractivity contribution in [3.05, 3.63) is 0 Å². The molecule has 0 aromatic carbocycles. The van der Waals surface area contributed by atoms with Gasteiger partial charge in [0.25, 0.3) is 0 Å². The molecule has 0 heterocycles. The van der Waals surface area contributed by atoms with E-state index in [-0.39, 0.29) is 6.67 Å². The van der Waals surface area contributed by atoms with Crippen molar-refractivity contribution < 1.29 is 8.82 Å². The molecule has 1 nitrogen and oxygen atoms in total. The molecular formula is C4H11FOSi. The maximum Gasteiger partial charge on any atom is 0.145 e. The van der Waals surface area contributed by atoms with Crippen LogP contribution in [0.4, 0.5) is 4.39 Å². The van der Waals surface area contributed by atoms with Gasteiger partial charge in [-0.25, -0.2) is 0 Å². The summed E-state index contributed by atoms with van der Waals surface area (Å²) >= 11 is 0. The number of rotatable bonds is 4. The fourth-order valence-electron chi connectivity index (χ4n) is 0.341. The molecule has 0 aromatic rings. The van der Waals surface area contributed by atoms with Crippen molar-refractivity contribution in [3.63, 3.8) is 0 Å². The lowest BCUT2D eigenvalue weighted by Gasteiger charge is -1.92. The molecule has 0 aliphatic heterocycles. The van der Waals surface area contributed by atoms with Gasteiger partial charge in [-0.05, 0) is 12.8 Å². The van der Waals surface area contributed by atoms with E-state index in [1.807, 2.05) is 0 Å². The lowest BCUT2D eigenvalue weighted by Crippen LogP contribution is -1.89. The standard InChI is InChI=1S/C4H11FOSi/c5-3-1-2-4-6-7/h1-4H2,7H3. The van der Waals surface area contributed by atoms with Crippen LogP contribution in [0, 0.1) is 0 Å². The van der Waals surface area contributed by atoms with Crippen LogP contribution < -0.4 is 0 Å². The fraction of sp³-hybridized carbons (Fsp3) is 1.00. The second-order valence-electron chi connectivity index (χ2n) is 1.39. The summed E-state index contributed by atoms with van der Waals surface area (Å²) in [7, 11) is 0.783. The smallest absolute Gasteiger partial charge is 0.145 e. The normalized spacial score (nSPS) is 9.86. The maximum atomic E-state index is 11.3. The van der Waals surface area contributed by atoms with Crippen molar-refractivity contribution in [2.45, 2.75) is 12.8 Å². The molecule has 0 saturated carbocycles. The Morgan fingerprint density at radius 2 is 2.14 bits per heavy atom. The van der Waals surface area contributed by atoms with Crippen LogP contribution in [0.2, 0.25) is 0 Å². The largest absolute Gasteiger partial charge is 0.428 e. The third kappa shape index (κ3) is 6.11. The van der Waals surface area contributed by atoms with Crippen molar-refractivity contribution >= 4 is 10.5 Å². The minimum absolute atomic E-state index is 0.203. The van der Waals surface area contributed by atoms with E-state index in [0.717, 1.165) is 23.5 Å². The fourth-order valence-corrected chi connectivity index (χ4v) is 0.630. The van der Waals surface area contributed by atoms with Crippen molar-refractivity contribution in [3.8, 4) is 0 Å². The Balaban J connectivity index is 2.45. The molecule has 0 bridgehead atoms. The van der Waals surface area contributed by atoms with Gasteiger partial charge in [-0.15, -0.1) is 0 Å². The SMILES string of the molecule is FCCCCO[SiH3]. The van der Waals surface area contributed by atoms with Crippen LogP contribution in [-0.2, 0) is 4.43 Å². The topological polar surface area (TPSA) is 9.23 Å². The molecule has 3 heteroatoms. The summed E-state index contributed by atoms with van der Waals surface area (Å²) in [6.45, 7) is 0.543. The average Bonchev–Trinajstić information content (AvgIpc) is 1.69. The van der Waals surface area contributed by atoms with Crippen LogP contribution in [0.25, 0.3) is 0 Å². The van der Waals surface area contributed by atoms with Gasteiger partial charge in [0.15, 0.2) is 0 Å². The molecule has 0 N–H and O–H groups in total. The summed E-state index contributed by atoms with van der Waals surface area (Å²) in [5.41, 5.74) is 0. The van der Waals surface area contributed by atoms with E-state index in [0.29, 0.717) is 6.42 Å². The molecular weight excluding hydrogens is 111 g/mol. The zero-order chi connectivity index (χ0) is 5.54. The van der Waals surface area contributed by atoms with Crippen LogP contribution in [0.1, 0.15) is 12.8 Å². The van der Waals surface area contributed by atoms with Gasteiger partial charge in [0.1, 0.15) is 10.5 Å². The first-order chi connectivity index (χ1) is 3.41. The van der Waals surface area contributed by atoms with Crippen molar-refractivity contribution in [1.82, 2.24) is 0 Å². The molecule has 0 fully saturated rings. The number of hydrogen-bond donors (Lipinski definition) is 0. The first kappa shape index (κ1) is 7.11. The molecule has 0 saturated heterocycles. The second-order valence-corrected chi connectivity index (χ2v) is 1.97. The van der Waals surface area contributed by atoms with Gasteiger partial charge in [0.05, 0.1) is 6.67 Å². The highest BCUT2D eigenvalue weighted by Gasteiger charge is 1.81.